The predicted molar refractivity (Wildman–Crippen MR) is 83.5 cm³/mol. The second-order valence-corrected chi connectivity index (χ2v) is 5.63. The third-order valence-electron chi connectivity index (χ3n) is 3.04. The Morgan fingerprint density at radius 2 is 2.10 bits per heavy atom. The van der Waals surface area contributed by atoms with Gasteiger partial charge in [0.15, 0.2) is 0 Å². The Labute approximate surface area is 128 Å². The maximum absolute atomic E-state index is 12.0. The second kappa shape index (κ2) is 9.23. The molecular formula is C14H21N3O3S. The van der Waals surface area contributed by atoms with Gasteiger partial charge in [-0.1, -0.05) is 0 Å². The molecule has 21 heavy (non-hydrogen) atoms. The number of carbonyl (C=O) groups excluding carboxylic acids is 1. The van der Waals surface area contributed by atoms with Crippen LogP contribution in [0.4, 0.5) is 4.79 Å². The van der Waals surface area contributed by atoms with Crippen LogP contribution < -0.4 is 5.32 Å². The molecule has 116 valence electrons. The number of carboxylic acids is 1. The number of carbonyl (C=O) groups is 2. The number of carboxylic acid groups (broad SMARTS) is 1. The van der Waals surface area contributed by atoms with Crippen LogP contribution in [0.2, 0.25) is 0 Å². The third-order valence-corrected chi connectivity index (χ3v) is 3.68. The first-order valence-electron chi connectivity index (χ1n) is 6.67. The quantitative estimate of drug-likeness (QED) is 0.760. The highest BCUT2D eigenvalue weighted by Crippen LogP contribution is 2.03. The van der Waals surface area contributed by atoms with Gasteiger partial charge >= 0.3 is 12.0 Å². The zero-order valence-electron chi connectivity index (χ0n) is 12.3. The molecule has 1 rings (SSSR count). The van der Waals surface area contributed by atoms with Crippen molar-refractivity contribution in [3.8, 4) is 0 Å². The molecule has 0 saturated heterocycles. The number of hydrogen-bond donors (Lipinski definition) is 2. The van der Waals surface area contributed by atoms with Crippen molar-refractivity contribution in [2.45, 2.75) is 18.9 Å². The second-order valence-electron chi connectivity index (χ2n) is 4.65. The van der Waals surface area contributed by atoms with Gasteiger partial charge in [0.25, 0.3) is 0 Å². The van der Waals surface area contributed by atoms with Gasteiger partial charge in [-0.25, -0.2) is 9.59 Å². The maximum atomic E-state index is 12.0. The Morgan fingerprint density at radius 1 is 1.43 bits per heavy atom. The highest BCUT2D eigenvalue weighted by atomic mass is 32.2. The van der Waals surface area contributed by atoms with Crippen molar-refractivity contribution >= 4 is 23.8 Å². The summed E-state index contributed by atoms with van der Waals surface area (Å²) in [5.41, 5.74) is 1.09. The highest BCUT2D eigenvalue weighted by molar-refractivity contribution is 7.98. The number of aliphatic carboxylic acids is 1. The fraction of sp³-hybridized carbons (Fsp3) is 0.500. The lowest BCUT2D eigenvalue weighted by atomic mass is 10.2. The number of rotatable bonds is 8. The number of urea groups is 1. The summed E-state index contributed by atoms with van der Waals surface area (Å²) in [4.78, 5) is 28.5. The van der Waals surface area contributed by atoms with Crippen molar-refractivity contribution in [2.75, 3.05) is 25.6 Å². The van der Waals surface area contributed by atoms with Crippen molar-refractivity contribution in [3.63, 3.8) is 0 Å². The molecule has 0 aliphatic carbocycles. The van der Waals surface area contributed by atoms with Crippen molar-refractivity contribution in [2.24, 2.45) is 0 Å². The molecule has 2 N–H and O–H groups in total. The Morgan fingerprint density at radius 3 is 2.67 bits per heavy atom. The van der Waals surface area contributed by atoms with Crippen LogP contribution in [0, 0.1) is 0 Å². The summed E-state index contributed by atoms with van der Waals surface area (Å²) >= 11 is 1.56. The van der Waals surface area contributed by atoms with E-state index in [0.29, 0.717) is 25.1 Å². The lowest BCUT2D eigenvalue weighted by molar-refractivity contribution is -0.139. The van der Waals surface area contributed by atoms with Gasteiger partial charge in [-0.15, -0.1) is 0 Å². The normalized spacial score (nSPS) is 11.7. The number of likely N-dealkylation sites (N-methyl/N-ethyl adjacent to an activating group) is 1. The van der Waals surface area contributed by atoms with Crippen LogP contribution in [0.25, 0.3) is 0 Å². The Kier molecular flexibility index (Phi) is 7.60. The molecule has 0 saturated carbocycles. The van der Waals surface area contributed by atoms with Crippen LogP contribution in [-0.4, -0.2) is 58.6 Å². The van der Waals surface area contributed by atoms with Crippen molar-refractivity contribution < 1.29 is 14.7 Å². The zero-order valence-corrected chi connectivity index (χ0v) is 13.1. The topological polar surface area (TPSA) is 82.5 Å². The van der Waals surface area contributed by atoms with E-state index in [2.05, 4.69) is 10.3 Å². The van der Waals surface area contributed by atoms with Crippen LogP contribution >= 0.6 is 11.8 Å². The van der Waals surface area contributed by atoms with Crippen molar-refractivity contribution in [3.05, 3.63) is 30.1 Å². The molecule has 0 radical (unpaired) electrons. The molecule has 0 fully saturated rings. The van der Waals surface area contributed by atoms with E-state index in [9.17, 15) is 9.59 Å². The number of thioether (sulfide) groups is 1. The monoisotopic (exact) mass is 311 g/mol. The zero-order chi connectivity index (χ0) is 15.7. The summed E-state index contributed by atoms with van der Waals surface area (Å²) < 4.78 is 0. The summed E-state index contributed by atoms with van der Waals surface area (Å²) in [6.45, 7) is 0.519. The van der Waals surface area contributed by atoms with Crippen molar-refractivity contribution in [1.29, 1.82) is 0 Å². The molecule has 1 atom stereocenters. The number of pyridine rings is 1. The summed E-state index contributed by atoms with van der Waals surface area (Å²) in [5.74, 6) is -0.308. The van der Waals surface area contributed by atoms with Crippen molar-refractivity contribution in [1.82, 2.24) is 15.2 Å². The minimum absolute atomic E-state index is 0.363. The van der Waals surface area contributed by atoms with E-state index in [4.69, 9.17) is 5.11 Å². The summed E-state index contributed by atoms with van der Waals surface area (Å²) in [7, 11) is 1.66. The third kappa shape index (κ3) is 6.48. The number of aromatic nitrogens is 1. The van der Waals surface area contributed by atoms with Gasteiger partial charge in [-0.05, 0) is 42.5 Å². The van der Waals surface area contributed by atoms with Crippen LogP contribution in [0.5, 0.6) is 0 Å². The van der Waals surface area contributed by atoms with E-state index >= 15 is 0 Å². The van der Waals surface area contributed by atoms with Crippen LogP contribution in [-0.2, 0) is 11.2 Å². The molecule has 0 spiro atoms. The first-order valence-corrected chi connectivity index (χ1v) is 8.06. The first kappa shape index (κ1) is 17.3. The van der Waals surface area contributed by atoms with Gasteiger partial charge in [0, 0.05) is 26.0 Å². The van der Waals surface area contributed by atoms with Gasteiger partial charge in [0.05, 0.1) is 0 Å². The van der Waals surface area contributed by atoms with Gasteiger partial charge in [-0.3, -0.25) is 4.98 Å². The van der Waals surface area contributed by atoms with Crippen LogP contribution in [0.15, 0.2) is 24.5 Å². The molecule has 0 unspecified atom stereocenters. The number of hydrogen-bond acceptors (Lipinski definition) is 4. The van der Waals surface area contributed by atoms with E-state index in [1.165, 1.54) is 4.90 Å². The molecule has 1 aromatic heterocycles. The average Bonchev–Trinajstić information content (AvgIpc) is 2.49. The fourth-order valence-electron chi connectivity index (χ4n) is 1.70. The average molecular weight is 311 g/mol. The Bertz CT molecular complexity index is 456. The molecule has 0 aliphatic heterocycles. The van der Waals surface area contributed by atoms with Gasteiger partial charge in [0.2, 0.25) is 0 Å². The first-order chi connectivity index (χ1) is 10.0. The molecule has 1 aromatic rings. The minimum atomic E-state index is -1.00. The van der Waals surface area contributed by atoms with Gasteiger partial charge in [0.1, 0.15) is 6.04 Å². The fourth-order valence-corrected chi connectivity index (χ4v) is 2.17. The molecule has 6 nitrogen and oxygen atoms in total. The summed E-state index contributed by atoms with van der Waals surface area (Å²) in [5, 5.41) is 11.6. The van der Waals surface area contributed by atoms with E-state index in [0.717, 1.165) is 5.56 Å². The number of amides is 2. The summed E-state index contributed by atoms with van der Waals surface area (Å²) in [6.07, 6.45) is 6.44. The lowest BCUT2D eigenvalue weighted by Crippen LogP contribution is -2.47. The van der Waals surface area contributed by atoms with E-state index in [1.54, 1.807) is 31.2 Å². The Hall–Kier alpha value is -1.76. The molecule has 0 aliphatic rings. The largest absolute Gasteiger partial charge is 0.480 e. The van der Waals surface area contributed by atoms with Crippen LogP contribution in [0.3, 0.4) is 0 Å². The highest BCUT2D eigenvalue weighted by Gasteiger charge is 2.21. The van der Waals surface area contributed by atoms with E-state index in [-0.39, 0.29) is 6.03 Å². The van der Waals surface area contributed by atoms with Crippen LogP contribution in [0.1, 0.15) is 12.0 Å². The molecule has 7 heteroatoms. The SMILES string of the molecule is CSCC[C@@H](NC(=O)N(C)CCc1ccncc1)C(=O)O. The number of nitrogens with one attached hydrogen (secondary N) is 1. The molecule has 0 bridgehead atoms. The molecule has 2 amide bonds. The smallest absolute Gasteiger partial charge is 0.326 e. The molecular weight excluding hydrogens is 290 g/mol. The number of nitrogens with zero attached hydrogens (tertiary/aromatic N) is 2. The lowest BCUT2D eigenvalue weighted by Gasteiger charge is -2.21. The van der Waals surface area contributed by atoms with E-state index < -0.39 is 12.0 Å². The Balaban J connectivity index is 2.43. The standard InChI is InChI=1S/C14H21N3O3S/c1-17(9-5-11-3-7-15-8-4-11)14(20)16-12(13(18)19)6-10-21-2/h3-4,7-8,12H,5-6,9-10H2,1-2H3,(H,16,20)(H,18,19)/t12-/m1/s1. The predicted octanol–water partition coefficient (Wildman–Crippen LogP) is 1.47. The minimum Gasteiger partial charge on any atom is -0.480 e. The van der Waals surface area contributed by atoms with Gasteiger partial charge in [-0.2, -0.15) is 11.8 Å². The molecule has 1 heterocycles. The maximum Gasteiger partial charge on any atom is 0.326 e. The van der Waals surface area contributed by atoms with Gasteiger partial charge < -0.3 is 15.3 Å². The van der Waals surface area contributed by atoms with E-state index in [1.807, 2.05) is 18.4 Å². The molecule has 0 aromatic carbocycles. The summed E-state index contributed by atoms with van der Waals surface area (Å²) in [6, 6.07) is 2.58.